The van der Waals surface area contributed by atoms with Crippen molar-refractivity contribution >= 4 is 11.9 Å². The average molecular weight is 173 g/mol. The monoisotopic (exact) mass is 173 g/mol. The number of carbonyl (C=O) groups is 2. The zero-order valence-electron chi connectivity index (χ0n) is 6.69. The van der Waals surface area contributed by atoms with Crippen LogP contribution in [0, 0.1) is 0 Å². The Labute approximate surface area is 69.8 Å². The summed E-state index contributed by atoms with van der Waals surface area (Å²) in [5.74, 6) is -1.89. The Morgan fingerprint density at radius 3 is 2.58 bits per heavy atom. The molecule has 5 nitrogen and oxygen atoms in total. The SMILES string of the molecule is CC(N)COC(=O)C=CC(=O)O. The second-order valence-electron chi connectivity index (χ2n) is 2.28. The number of ether oxygens (including phenoxy) is 1. The zero-order chi connectivity index (χ0) is 9.56. The minimum atomic E-state index is -1.19. The van der Waals surface area contributed by atoms with Crippen molar-refractivity contribution in [3.05, 3.63) is 12.2 Å². The number of rotatable bonds is 4. The Hall–Kier alpha value is -1.36. The molecule has 0 aliphatic heterocycles. The molecule has 0 aromatic carbocycles. The fourth-order valence-corrected chi connectivity index (χ4v) is 0.401. The molecule has 0 saturated heterocycles. The molecule has 0 heterocycles. The van der Waals surface area contributed by atoms with Gasteiger partial charge in [0.1, 0.15) is 6.61 Å². The number of hydrogen-bond acceptors (Lipinski definition) is 4. The highest BCUT2D eigenvalue weighted by Crippen LogP contribution is 1.84. The number of carboxylic acid groups (broad SMARTS) is 1. The summed E-state index contributed by atoms with van der Waals surface area (Å²) < 4.78 is 4.54. The van der Waals surface area contributed by atoms with E-state index < -0.39 is 11.9 Å². The van der Waals surface area contributed by atoms with E-state index in [0.717, 1.165) is 6.08 Å². The fourth-order valence-electron chi connectivity index (χ4n) is 0.401. The lowest BCUT2D eigenvalue weighted by atomic mass is 10.4. The second-order valence-corrected chi connectivity index (χ2v) is 2.28. The van der Waals surface area contributed by atoms with Crippen LogP contribution in [-0.4, -0.2) is 29.7 Å². The lowest BCUT2D eigenvalue weighted by Crippen LogP contribution is -2.23. The van der Waals surface area contributed by atoms with E-state index in [1.807, 2.05) is 0 Å². The van der Waals surface area contributed by atoms with Crippen LogP contribution >= 0.6 is 0 Å². The fraction of sp³-hybridized carbons (Fsp3) is 0.429. The maximum atomic E-state index is 10.6. The highest BCUT2D eigenvalue weighted by Gasteiger charge is 1.99. The van der Waals surface area contributed by atoms with Gasteiger partial charge in [-0.25, -0.2) is 9.59 Å². The van der Waals surface area contributed by atoms with Gasteiger partial charge >= 0.3 is 11.9 Å². The van der Waals surface area contributed by atoms with Gasteiger partial charge < -0.3 is 15.6 Å². The molecule has 0 aliphatic carbocycles. The summed E-state index contributed by atoms with van der Waals surface area (Å²) in [6, 6.07) is -0.243. The van der Waals surface area contributed by atoms with Crippen molar-refractivity contribution in [3.63, 3.8) is 0 Å². The zero-order valence-corrected chi connectivity index (χ0v) is 6.69. The van der Waals surface area contributed by atoms with Crippen molar-refractivity contribution in [1.82, 2.24) is 0 Å². The van der Waals surface area contributed by atoms with Gasteiger partial charge in [0.2, 0.25) is 0 Å². The summed E-state index contributed by atoms with van der Waals surface area (Å²) in [6.07, 6.45) is 1.55. The van der Waals surface area contributed by atoms with Crippen molar-refractivity contribution in [2.45, 2.75) is 13.0 Å². The number of aliphatic carboxylic acids is 1. The molecule has 12 heavy (non-hydrogen) atoms. The van der Waals surface area contributed by atoms with Crippen LogP contribution in [0.25, 0.3) is 0 Å². The summed E-state index contributed by atoms with van der Waals surface area (Å²) in [4.78, 5) is 20.5. The number of nitrogens with two attached hydrogens (primary N) is 1. The standard InChI is InChI=1S/C7H11NO4/c1-5(8)4-12-7(11)3-2-6(9)10/h2-3,5H,4,8H2,1H3,(H,9,10). The predicted molar refractivity (Wildman–Crippen MR) is 41.4 cm³/mol. The van der Waals surface area contributed by atoms with Crippen LogP contribution in [0.1, 0.15) is 6.92 Å². The quantitative estimate of drug-likeness (QED) is 0.442. The largest absolute Gasteiger partial charge is 0.478 e. The molecule has 68 valence electrons. The first-order valence-corrected chi connectivity index (χ1v) is 3.35. The van der Waals surface area contributed by atoms with Gasteiger partial charge in [0.15, 0.2) is 0 Å². The van der Waals surface area contributed by atoms with E-state index in [0.29, 0.717) is 6.08 Å². The first kappa shape index (κ1) is 10.6. The summed E-state index contributed by atoms with van der Waals surface area (Å²) in [6.45, 7) is 1.76. The van der Waals surface area contributed by atoms with Crippen LogP contribution in [0.3, 0.4) is 0 Å². The molecular weight excluding hydrogens is 162 g/mol. The molecule has 5 heteroatoms. The van der Waals surface area contributed by atoms with E-state index in [1.54, 1.807) is 6.92 Å². The third kappa shape index (κ3) is 6.76. The van der Waals surface area contributed by atoms with Gasteiger partial charge in [-0.1, -0.05) is 0 Å². The van der Waals surface area contributed by atoms with Crippen molar-refractivity contribution in [1.29, 1.82) is 0 Å². The normalized spacial score (nSPS) is 12.8. The third-order valence-electron chi connectivity index (χ3n) is 0.850. The minimum Gasteiger partial charge on any atom is -0.478 e. The van der Waals surface area contributed by atoms with E-state index in [-0.39, 0.29) is 12.6 Å². The molecule has 0 rings (SSSR count). The van der Waals surface area contributed by atoms with E-state index >= 15 is 0 Å². The number of hydrogen-bond donors (Lipinski definition) is 2. The highest BCUT2D eigenvalue weighted by atomic mass is 16.5. The molecule has 3 N–H and O–H groups in total. The van der Waals surface area contributed by atoms with Gasteiger partial charge in [-0.3, -0.25) is 0 Å². The summed E-state index contributed by atoms with van der Waals surface area (Å²) in [5.41, 5.74) is 5.28. The lowest BCUT2D eigenvalue weighted by Gasteiger charge is -2.03. The first-order chi connectivity index (χ1) is 5.52. The van der Waals surface area contributed by atoms with Gasteiger partial charge in [-0.2, -0.15) is 0 Å². The molecule has 0 amide bonds. The van der Waals surface area contributed by atoms with Crippen molar-refractivity contribution in [2.24, 2.45) is 5.73 Å². The van der Waals surface area contributed by atoms with Crippen LogP contribution in [0.5, 0.6) is 0 Å². The first-order valence-electron chi connectivity index (χ1n) is 3.35. The molecule has 0 aromatic heterocycles. The number of carbonyl (C=O) groups excluding carboxylic acids is 1. The van der Waals surface area contributed by atoms with Crippen molar-refractivity contribution < 1.29 is 19.4 Å². The van der Waals surface area contributed by atoms with Gasteiger partial charge in [0.25, 0.3) is 0 Å². The second kappa shape index (κ2) is 5.31. The summed E-state index contributed by atoms with van der Waals surface area (Å²) in [7, 11) is 0. The summed E-state index contributed by atoms with van der Waals surface area (Å²) >= 11 is 0. The topological polar surface area (TPSA) is 89.6 Å². The Bertz CT molecular complexity index is 198. The smallest absolute Gasteiger partial charge is 0.331 e. The molecule has 1 atom stereocenters. The minimum absolute atomic E-state index is 0.0861. The van der Waals surface area contributed by atoms with Crippen LogP contribution in [0.2, 0.25) is 0 Å². The maximum Gasteiger partial charge on any atom is 0.331 e. The van der Waals surface area contributed by atoms with Crippen LogP contribution in [0.15, 0.2) is 12.2 Å². The van der Waals surface area contributed by atoms with E-state index in [9.17, 15) is 9.59 Å². The molecule has 0 spiro atoms. The van der Waals surface area contributed by atoms with E-state index in [2.05, 4.69) is 4.74 Å². The Morgan fingerprint density at radius 1 is 1.58 bits per heavy atom. The lowest BCUT2D eigenvalue weighted by molar-refractivity contribution is -0.139. The molecule has 0 saturated carbocycles. The average Bonchev–Trinajstić information content (AvgIpc) is 1.96. The number of esters is 1. The van der Waals surface area contributed by atoms with Crippen molar-refractivity contribution in [2.75, 3.05) is 6.61 Å². The maximum absolute atomic E-state index is 10.6. The Morgan fingerprint density at radius 2 is 2.17 bits per heavy atom. The molecule has 0 bridgehead atoms. The molecule has 0 aromatic rings. The van der Waals surface area contributed by atoms with Gasteiger partial charge in [-0.15, -0.1) is 0 Å². The van der Waals surface area contributed by atoms with Crippen LogP contribution < -0.4 is 5.73 Å². The van der Waals surface area contributed by atoms with Crippen LogP contribution in [0.4, 0.5) is 0 Å². The molecular formula is C7H11NO4. The molecule has 0 fully saturated rings. The van der Waals surface area contributed by atoms with Crippen molar-refractivity contribution in [3.8, 4) is 0 Å². The Kier molecular flexibility index (Phi) is 4.71. The molecule has 0 aliphatic rings. The summed E-state index contributed by atoms with van der Waals surface area (Å²) in [5, 5.41) is 8.12. The van der Waals surface area contributed by atoms with Crippen LogP contribution in [-0.2, 0) is 14.3 Å². The molecule has 0 radical (unpaired) electrons. The van der Waals surface area contributed by atoms with E-state index in [4.69, 9.17) is 10.8 Å². The predicted octanol–water partition coefficient (Wildman–Crippen LogP) is -0.482. The highest BCUT2D eigenvalue weighted by molar-refractivity contribution is 5.90. The van der Waals surface area contributed by atoms with Gasteiger partial charge in [-0.05, 0) is 6.92 Å². The molecule has 1 unspecified atom stereocenters. The van der Waals surface area contributed by atoms with E-state index in [1.165, 1.54) is 0 Å². The Balaban J connectivity index is 3.67. The van der Waals surface area contributed by atoms with Gasteiger partial charge in [0, 0.05) is 18.2 Å². The van der Waals surface area contributed by atoms with Gasteiger partial charge in [0.05, 0.1) is 0 Å². The number of carboxylic acids is 1. The third-order valence-corrected chi connectivity index (χ3v) is 0.850.